The lowest BCUT2D eigenvalue weighted by Crippen LogP contribution is -2.40. The van der Waals surface area contributed by atoms with E-state index in [9.17, 15) is 4.79 Å². The maximum Gasteiger partial charge on any atom is 0.407 e. The standard InChI is InChI=1S/C17H25NO3/c1-17(2,12-13-8-10-15(20-3)11-9-13)21-16(19)18-14-6-4-5-7-14/h8-11,14H,4-7,12H2,1-3H3,(H,18,19). The molecule has 2 rings (SSSR count). The van der Waals surface area contributed by atoms with Crippen molar-refractivity contribution in [2.45, 2.75) is 57.6 Å². The topological polar surface area (TPSA) is 47.6 Å². The van der Waals surface area contributed by atoms with E-state index in [1.54, 1.807) is 7.11 Å². The number of carbonyl (C=O) groups is 1. The van der Waals surface area contributed by atoms with Crippen LogP contribution in [0.1, 0.15) is 45.1 Å². The molecule has 0 radical (unpaired) electrons. The van der Waals surface area contributed by atoms with Crippen molar-refractivity contribution in [3.05, 3.63) is 29.8 Å². The van der Waals surface area contributed by atoms with Crippen molar-refractivity contribution >= 4 is 6.09 Å². The Morgan fingerprint density at radius 3 is 2.43 bits per heavy atom. The summed E-state index contributed by atoms with van der Waals surface area (Å²) in [5.41, 5.74) is 0.589. The molecule has 1 N–H and O–H groups in total. The Balaban J connectivity index is 1.86. The Kier molecular flexibility index (Phi) is 5.10. The number of ether oxygens (including phenoxy) is 2. The van der Waals surface area contributed by atoms with Crippen LogP contribution in [0.3, 0.4) is 0 Å². The van der Waals surface area contributed by atoms with Crippen LogP contribution in [-0.4, -0.2) is 24.8 Å². The maximum atomic E-state index is 12.0. The van der Waals surface area contributed by atoms with E-state index in [2.05, 4.69) is 5.32 Å². The molecule has 0 aliphatic heterocycles. The highest BCUT2D eigenvalue weighted by Crippen LogP contribution is 2.21. The minimum Gasteiger partial charge on any atom is -0.497 e. The second-order valence-electron chi connectivity index (χ2n) is 6.30. The van der Waals surface area contributed by atoms with Gasteiger partial charge in [-0.2, -0.15) is 0 Å². The summed E-state index contributed by atoms with van der Waals surface area (Å²) in [6.07, 6.45) is 4.89. The summed E-state index contributed by atoms with van der Waals surface area (Å²) in [5.74, 6) is 0.830. The van der Waals surface area contributed by atoms with Gasteiger partial charge in [0, 0.05) is 12.5 Å². The average Bonchev–Trinajstić information content (AvgIpc) is 2.91. The summed E-state index contributed by atoms with van der Waals surface area (Å²) in [4.78, 5) is 12.0. The molecule has 1 saturated carbocycles. The summed E-state index contributed by atoms with van der Waals surface area (Å²) in [7, 11) is 1.65. The van der Waals surface area contributed by atoms with Gasteiger partial charge in [0.2, 0.25) is 0 Å². The molecule has 1 amide bonds. The normalized spacial score (nSPS) is 15.8. The number of rotatable bonds is 5. The molecule has 0 saturated heterocycles. The fourth-order valence-corrected chi connectivity index (χ4v) is 2.79. The van der Waals surface area contributed by atoms with E-state index in [-0.39, 0.29) is 12.1 Å². The smallest absolute Gasteiger partial charge is 0.407 e. The van der Waals surface area contributed by atoms with Crippen LogP contribution in [0.5, 0.6) is 5.75 Å². The lowest BCUT2D eigenvalue weighted by molar-refractivity contribution is 0.0374. The molecule has 1 fully saturated rings. The summed E-state index contributed by atoms with van der Waals surface area (Å²) < 4.78 is 10.7. The summed E-state index contributed by atoms with van der Waals surface area (Å²) in [6, 6.07) is 8.13. The number of carbonyl (C=O) groups excluding carboxylic acids is 1. The van der Waals surface area contributed by atoms with Crippen LogP contribution in [-0.2, 0) is 11.2 Å². The van der Waals surface area contributed by atoms with E-state index in [1.807, 2.05) is 38.1 Å². The van der Waals surface area contributed by atoms with E-state index in [0.29, 0.717) is 6.42 Å². The van der Waals surface area contributed by atoms with Crippen molar-refractivity contribution in [2.75, 3.05) is 7.11 Å². The predicted molar refractivity (Wildman–Crippen MR) is 82.6 cm³/mol. The lowest BCUT2D eigenvalue weighted by atomic mass is 9.98. The third-order valence-electron chi connectivity index (χ3n) is 3.84. The van der Waals surface area contributed by atoms with Crippen LogP contribution in [0.2, 0.25) is 0 Å². The number of hydrogen-bond acceptors (Lipinski definition) is 3. The molecule has 1 aliphatic rings. The Bertz CT molecular complexity index is 461. The molecule has 0 unspecified atom stereocenters. The first-order chi connectivity index (χ1) is 9.98. The van der Waals surface area contributed by atoms with Crippen molar-refractivity contribution in [3.8, 4) is 5.75 Å². The highest BCUT2D eigenvalue weighted by molar-refractivity contribution is 5.68. The average molecular weight is 291 g/mol. The number of nitrogens with one attached hydrogen (secondary N) is 1. The highest BCUT2D eigenvalue weighted by Gasteiger charge is 2.25. The molecule has 0 aromatic heterocycles. The predicted octanol–water partition coefficient (Wildman–Crippen LogP) is 3.69. The minimum absolute atomic E-state index is 0.286. The van der Waals surface area contributed by atoms with Crippen LogP contribution in [0.25, 0.3) is 0 Å². The van der Waals surface area contributed by atoms with Crippen molar-refractivity contribution < 1.29 is 14.3 Å². The molecule has 21 heavy (non-hydrogen) atoms. The van der Waals surface area contributed by atoms with Crippen molar-refractivity contribution in [1.82, 2.24) is 5.32 Å². The van der Waals surface area contributed by atoms with Crippen LogP contribution in [0, 0.1) is 0 Å². The zero-order valence-electron chi connectivity index (χ0n) is 13.1. The van der Waals surface area contributed by atoms with E-state index in [0.717, 1.165) is 24.2 Å². The molecule has 0 spiro atoms. The molecule has 1 aromatic carbocycles. The maximum absolute atomic E-state index is 12.0. The number of amides is 1. The van der Waals surface area contributed by atoms with Gasteiger partial charge in [0.05, 0.1) is 7.11 Å². The third kappa shape index (κ3) is 4.96. The first kappa shape index (κ1) is 15.7. The fourth-order valence-electron chi connectivity index (χ4n) is 2.79. The number of benzene rings is 1. The van der Waals surface area contributed by atoms with Gasteiger partial charge in [0.1, 0.15) is 11.4 Å². The van der Waals surface area contributed by atoms with Gasteiger partial charge >= 0.3 is 6.09 Å². The number of hydrogen-bond donors (Lipinski definition) is 1. The Hall–Kier alpha value is -1.71. The number of alkyl carbamates (subject to hydrolysis) is 1. The molecule has 1 aromatic rings. The van der Waals surface area contributed by atoms with Crippen molar-refractivity contribution in [2.24, 2.45) is 0 Å². The van der Waals surface area contributed by atoms with E-state index >= 15 is 0 Å². The van der Waals surface area contributed by atoms with Gasteiger partial charge in [-0.3, -0.25) is 0 Å². The van der Waals surface area contributed by atoms with Crippen LogP contribution in [0.15, 0.2) is 24.3 Å². The van der Waals surface area contributed by atoms with Crippen molar-refractivity contribution in [3.63, 3.8) is 0 Å². The summed E-state index contributed by atoms with van der Waals surface area (Å²) in [5, 5.41) is 2.96. The van der Waals surface area contributed by atoms with Crippen LogP contribution < -0.4 is 10.1 Å². The van der Waals surface area contributed by atoms with Gasteiger partial charge in [-0.05, 0) is 44.4 Å². The molecule has 0 heterocycles. The quantitative estimate of drug-likeness (QED) is 0.900. The van der Waals surface area contributed by atoms with E-state index < -0.39 is 5.60 Å². The molecule has 4 heteroatoms. The van der Waals surface area contributed by atoms with Gasteiger partial charge < -0.3 is 14.8 Å². The lowest BCUT2D eigenvalue weighted by Gasteiger charge is -2.26. The van der Waals surface area contributed by atoms with Gasteiger partial charge in [0.25, 0.3) is 0 Å². The summed E-state index contributed by atoms with van der Waals surface area (Å²) >= 11 is 0. The van der Waals surface area contributed by atoms with Crippen LogP contribution in [0.4, 0.5) is 4.79 Å². The summed E-state index contributed by atoms with van der Waals surface area (Å²) in [6.45, 7) is 3.87. The first-order valence-electron chi connectivity index (χ1n) is 7.61. The molecule has 116 valence electrons. The molecular weight excluding hydrogens is 266 g/mol. The first-order valence-corrected chi connectivity index (χ1v) is 7.61. The minimum atomic E-state index is -0.530. The largest absolute Gasteiger partial charge is 0.497 e. The molecule has 0 atom stereocenters. The monoisotopic (exact) mass is 291 g/mol. The molecule has 1 aliphatic carbocycles. The van der Waals surface area contributed by atoms with Crippen molar-refractivity contribution in [1.29, 1.82) is 0 Å². The molecular formula is C17H25NO3. The van der Waals surface area contributed by atoms with Gasteiger partial charge in [-0.15, -0.1) is 0 Å². The third-order valence-corrected chi connectivity index (χ3v) is 3.84. The number of methoxy groups -OCH3 is 1. The zero-order valence-corrected chi connectivity index (χ0v) is 13.1. The van der Waals surface area contributed by atoms with Gasteiger partial charge in [-0.1, -0.05) is 25.0 Å². The van der Waals surface area contributed by atoms with Gasteiger partial charge in [0.15, 0.2) is 0 Å². The second-order valence-corrected chi connectivity index (χ2v) is 6.30. The van der Waals surface area contributed by atoms with E-state index in [4.69, 9.17) is 9.47 Å². The SMILES string of the molecule is COc1ccc(CC(C)(C)OC(=O)NC2CCCC2)cc1. The molecule has 4 nitrogen and oxygen atoms in total. The highest BCUT2D eigenvalue weighted by atomic mass is 16.6. The van der Waals surface area contributed by atoms with Crippen LogP contribution >= 0.6 is 0 Å². The second kappa shape index (κ2) is 6.83. The zero-order chi connectivity index (χ0) is 15.3. The molecule has 0 bridgehead atoms. The van der Waals surface area contributed by atoms with Gasteiger partial charge in [-0.25, -0.2) is 4.79 Å². The van der Waals surface area contributed by atoms with E-state index in [1.165, 1.54) is 12.8 Å². The Morgan fingerprint density at radius 2 is 1.86 bits per heavy atom. The Morgan fingerprint density at radius 1 is 1.24 bits per heavy atom. The Labute approximate surface area is 126 Å². The fraction of sp³-hybridized carbons (Fsp3) is 0.588.